The van der Waals surface area contributed by atoms with Crippen LogP contribution in [0, 0.1) is 0 Å². The fourth-order valence-corrected chi connectivity index (χ4v) is 5.66. The first-order chi connectivity index (χ1) is 19.1. The maximum absolute atomic E-state index is 13.3. The van der Waals surface area contributed by atoms with Gasteiger partial charge in [-0.2, -0.15) is 0 Å². The number of aldehydes is 1. The van der Waals surface area contributed by atoms with Crippen molar-refractivity contribution in [3.05, 3.63) is 64.8 Å². The van der Waals surface area contributed by atoms with Gasteiger partial charge in [0.05, 0.1) is 5.52 Å². The molecule has 3 heterocycles. The van der Waals surface area contributed by atoms with E-state index in [0.29, 0.717) is 38.5 Å². The highest BCUT2D eigenvalue weighted by molar-refractivity contribution is 5.98. The number of pyridine rings is 1. The fourth-order valence-electron chi connectivity index (χ4n) is 5.66. The average Bonchev–Trinajstić information content (AvgIpc) is 2.94. The van der Waals surface area contributed by atoms with Crippen LogP contribution in [0.15, 0.2) is 42.5 Å². The Labute approximate surface area is 235 Å². The second kappa shape index (κ2) is 11.4. The number of carbonyl (C=O) groups is 3. The molecule has 1 saturated heterocycles. The molecule has 1 aromatic heterocycles. The van der Waals surface area contributed by atoms with Crippen LogP contribution >= 0.6 is 0 Å². The maximum atomic E-state index is 13.3. The highest BCUT2D eigenvalue weighted by atomic mass is 16.6. The minimum Gasteiger partial charge on any atom is -0.444 e. The first-order valence-electron chi connectivity index (χ1n) is 14.0. The predicted molar refractivity (Wildman–Crippen MR) is 153 cm³/mol. The van der Waals surface area contributed by atoms with E-state index in [4.69, 9.17) is 9.47 Å². The van der Waals surface area contributed by atoms with E-state index in [-0.39, 0.29) is 18.0 Å². The molecule has 210 valence electrons. The Bertz CT molecular complexity index is 1440. The minimum absolute atomic E-state index is 0.0275. The molecular weight excluding hydrogens is 506 g/mol. The molecule has 3 aromatic rings. The summed E-state index contributed by atoms with van der Waals surface area (Å²) in [5.74, 6) is 0.0670. The number of hydrogen-bond donors (Lipinski definition) is 0. The van der Waals surface area contributed by atoms with E-state index >= 15 is 0 Å². The zero-order valence-corrected chi connectivity index (χ0v) is 23.7. The van der Waals surface area contributed by atoms with Crippen LogP contribution in [0.3, 0.4) is 0 Å². The third kappa shape index (κ3) is 6.02. The molecule has 0 saturated carbocycles. The zero-order chi connectivity index (χ0) is 28.4. The predicted octanol–water partition coefficient (Wildman–Crippen LogP) is 5.54. The molecule has 40 heavy (non-hydrogen) atoms. The molecule has 0 unspecified atom stereocenters. The van der Waals surface area contributed by atoms with E-state index in [1.165, 1.54) is 5.56 Å². The summed E-state index contributed by atoms with van der Waals surface area (Å²) in [6.45, 7) is 10.1. The number of aromatic nitrogens is 1. The second-order valence-electron chi connectivity index (χ2n) is 11.6. The maximum Gasteiger partial charge on any atom is 0.410 e. The summed E-state index contributed by atoms with van der Waals surface area (Å²) in [6, 6.07) is 14.0. The Hall–Kier alpha value is -3.78. The summed E-state index contributed by atoms with van der Waals surface area (Å²) in [5.41, 5.74) is 5.72. The molecule has 5 rings (SSSR count). The molecule has 0 spiro atoms. The van der Waals surface area contributed by atoms with Crippen molar-refractivity contribution in [2.45, 2.75) is 71.7 Å². The van der Waals surface area contributed by atoms with E-state index < -0.39 is 5.60 Å². The smallest absolute Gasteiger partial charge is 0.410 e. The van der Waals surface area contributed by atoms with E-state index in [0.717, 1.165) is 58.7 Å². The molecule has 0 aliphatic carbocycles. The number of amides is 2. The van der Waals surface area contributed by atoms with E-state index in [1.54, 1.807) is 6.92 Å². The van der Waals surface area contributed by atoms with E-state index in [9.17, 15) is 14.4 Å². The zero-order valence-electron chi connectivity index (χ0n) is 23.7. The average molecular weight is 544 g/mol. The van der Waals surface area contributed by atoms with Crippen molar-refractivity contribution in [2.24, 2.45) is 0 Å². The number of carbonyl (C=O) groups excluding carboxylic acids is 3. The summed E-state index contributed by atoms with van der Waals surface area (Å²) < 4.78 is 11.3. The molecule has 0 radical (unpaired) electrons. The Morgan fingerprint density at radius 1 is 1.12 bits per heavy atom. The Morgan fingerprint density at radius 3 is 2.60 bits per heavy atom. The summed E-state index contributed by atoms with van der Waals surface area (Å²) in [6.07, 6.45) is 2.70. The molecule has 2 aliphatic rings. The van der Waals surface area contributed by atoms with E-state index in [2.05, 4.69) is 23.2 Å². The molecule has 0 N–H and O–H groups in total. The lowest BCUT2D eigenvalue weighted by molar-refractivity contribution is -0.129. The minimum atomic E-state index is -0.601. The first-order valence-corrected chi connectivity index (χ1v) is 14.0. The van der Waals surface area contributed by atoms with Crippen LogP contribution in [0.25, 0.3) is 22.0 Å². The largest absolute Gasteiger partial charge is 0.444 e. The molecule has 2 amide bonds. The lowest BCUT2D eigenvalue weighted by atomic mass is 9.88. The number of ether oxygens (including phenoxy) is 2. The van der Waals surface area contributed by atoms with Crippen molar-refractivity contribution in [1.29, 1.82) is 0 Å². The van der Waals surface area contributed by atoms with Crippen LogP contribution in [0.2, 0.25) is 0 Å². The lowest BCUT2D eigenvalue weighted by Gasteiger charge is -2.35. The summed E-state index contributed by atoms with van der Waals surface area (Å²) in [4.78, 5) is 45.4. The third-order valence-electron chi connectivity index (χ3n) is 7.63. The second-order valence-corrected chi connectivity index (χ2v) is 11.6. The first kappa shape index (κ1) is 27.8. The Balaban J connectivity index is 1.56. The number of fused-ring (bicyclic) bond motifs is 2. The van der Waals surface area contributed by atoms with Gasteiger partial charge in [0.2, 0.25) is 5.91 Å². The molecule has 2 aliphatic heterocycles. The van der Waals surface area contributed by atoms with Crippen LogP contribution in [0.4, 0.5) is 4.79 Å². The van der Waals surface area contributed by atoms with Gasteiger partial charge in [-0.1, -0.05) is 24.3 Å². The fraction of sp³-hybridized carbons (Fsp3) is 0.438. The Morgan fingerprint density at radius 2 is 1.90 bits per heavy atom. The van der Waals surface area contributed by atoms with E-state index in [1.807, 2.05) is 54.8 Å². The number of benzene rings is 2. The monoisotopic (exact) mass is 543 g/mol. The summed E-state index contributed by atoms with van der Waals surface area (Å²) in [5, 5.41) is 0.918. The normalized spacial score (nSPS) is 15.9. The highest BCUT2D eigenvalue weighted by Gasteiger charge is 2.30. The number of nitrogens with zero attached hydrogens (tertiary/aromatic N) is 3. The quantitative estimate of drug-likeness (QED) is 0.393. The van der Waals surface area contributed by atoms with Crippen molar-refractivity contribution in [3.63, 3.8) is 0 Å². The van der Waals surface area contributed by atoms with Crippen molar-refractivity contribution in [3.8, 4) is 11.1 Å². The van der Waals surface area contributed by atoms with Crippen LogP contribution in [0.5, 0.6) is 0 Å². The van der Waals surface area contributed by atoms with Crippen LogP contribution in [-0.4, -0.2) is 64.5 Å². The van der Waals surface area contributed by atoms with Gasteiger partial charge >= 0.3 is 6.09 Å². The number of hydrogen-bond acceptors (Lipinski definition) is 6. The van der Waals surface area contributed by atoms with Crippen molar-refractivity contribution < 1.29 is 23.9 Å². The van der Waals surface area contributed by atoms with Gasteiger partial charge in [-0.05, 0) is 86.1 Å². The highest BCUT2D eigenvalue weighted by Crippen LogP contribution is 2.35. The summed E-state index contributed by atoms with van der Waals surface area (Å²) >= 11 is 0. The topological polar surface area (TPSA) is 89.0 Å². The molecular formula is C32H37N3O5. The Kier molecular flexibility index (Phi) is 7.90. The standard InChI is InChI=1S/C32H37N3O5/c1-21(37)34-13-10-26-23(19-34)6-5-7-27(26)28-17-24(20-36)33-30-9-8-22(16-29(28)30)18-35(25-11-14-39-15-12-25)31(38)40-32(2,3)4/h5-9,16-17,20,25H,10-15,18-19H2,1-4H3. The van der Waals surface area contributed by atoms with Gasteiger partial charge in [0.15, 0.2) is 6.29 Å². The van der Waals surface area contributed by atoms with Crippen LogP contribution < -0.4 is 0 Å². The SMILES string of the molecule is CC(=O)N1CCc2c(cccc2-c2cc(C=O)nc3ccc(CN(C(=O)OC(C)(C)C)C4CCOCC4)cc23)C1. The molecule has 1 fully saturated rings. The molecule has 2 aromatic carbocycles. The number of rotatable bonds is 5. The lowest BCUT2D eigenvalue weighted by Crippen LogP contribution is -2.45. The van der Waals surface area contributed by atoms with Crippen molar-refractivity contribution in [2.75, 3.05) is 19.8 Å². The molecule has 0 bridgehead atoms. The van der Waals surface area contributed by atoms with Gasteiger partial charge < -0.3 is 19.3 Å². The summed E-state index contributed by atoms with van der Waals surface area (Å²) in [7, 11) is 0. The molecule has 8 nitrogen and oxygen atoms in total. The molecule has 0 atom stereocenters. The van der Waals surface area contributed by atoms with Crippen molar-refractivity contribution in [1.82, 2.24) is 14.8 Å². The third-order valence-corrected chi connectivity index (χ3v) is 7.63. The molecule has 8 heteroatoms. The van der Waals surface area contributed by atoms with Gasteiger partial charge in [0, 0.05) is 51.2 Å². The van der Waals surface area contributed by atoms with Gasteiger partial charge in [0.1, 0.15) is 11.3 Å². The van der Waals surface area contributed by atoms with Crippen LogP contribution in [-0.2, 0) is 33.8 Å². The van der Waals surface area contributed by atoms with Gasteiger partial charge in [0.25, 0.3) is 0 Å². The van der Waals surface area contributed by atoms with Crippen molar-refractivity contribution >= 4 is 29.2 Å². The van der Waals surface area contributed by atoms with Gasteiger partial charge in [-0.3, -0.25) is 9.59 Å². The van der Waals surface area contributed by atoms with Gasteiger partial charge in [-0.25, -0.2) is 9.78 Å². The van der Waals surface area contributed by atoms with Gasteiger partial charge in [-0.15, -0.1) is 0 Å². The van der Waals surface area contributed by atoms with Crippen LogP contribution in [0.1, 0.15) is 67.7 Å².